The zero-order valence-corrected chi connectivity index (χ0v) is 16.5. The minimum Gasteiger partial charge on any atom is -0.389 e. The van der Waals surface area contributed by atoms with Crippen molar-refractivity contribution in [3.8, 4) is 11.3 Å². The van der Waals surface area contributed by atoms with Crippen LogP contribution in [0.1, 0.15) is 38.9 Å². The Labute approximate surface area is 165 Å². The van der Waals surface area contributed by atoms with Crippen LogP contribution in [-0.2, 0) is 11.3 Å². The monoisotopic (exact) mass is 383 g/mol. The van der Waals surface area contributed by atoms with E-state index < -0.39 is 11.5 Å². The second-order valence-corrected chi connectivity index (χ2v) is 7.80. The number of carbonyl (C=O) groups is 1. The standard InChI is InChI=1S/C21H29N5O2/c1-15(2)26-10-8-21(28,9-11-26)12-17(22)20(27)24-14-19-23-13-18(25-19)16-6-4-3-5-7-16/h3-7,13,15,22,28H,8-12,14H2,1-2H3,(H,23,25)(H,24,27). The quantitative estimate of drug-likeness (QED) is 0.551. The van der Waals surface area contributed by atoms with E-state index in [0.717, 1.165) is 24.3 Å². The normalized spacial score (nSPS) is 16.9. The minimum atomic E-state index is -0.967. The van der Waals surface area contributed by atoms with Crippen LogP contribution in [0.5, 0.6) is 0 Å². The first-order valence-corrected chi connectivity index (χ1v) is 9.78. The summed E-state index contributed by atoms with van der Waals surface area (Å²) in [7, 11) is 0. The summed E-state index contributed by atoms with van der Waals surface area (Å²) in [6.07, 6.45) is 2.98. The molecule has 1 aliphatic heterocycles. The van der Waals surface area contributed by atoms with Gasteiger partial charge in [0.15, 0.2) is 0 Å². The molecule has 0 unspecified atom stereocenters. The van der Waals surface area contributed by atoms with Crippen molar-refractivity contribution in [1.29, 1.82) is 5.41 Å². The minimum absolute atomic E-state index is 0.0815. The maximum absolute atomic E-state index is 12.3. The predicted octanol–water partition coefficient (Wildman–Crippen LogP) is 2.34. The summed E-state index contributed by atoms with van der Waals surface area (Å²) in [4.78, 5) is 22.0. The van der Waals surface area contributed by atoms with Gasteiger partial charge in [-0.3, -0.25) is 10.2 Å². The number of piperidine rings is 1. The number of hydrogen-bond acceptors (Lipinski definition) is 5. The molecule has 1 aromatic carbocycles. The van der Waals surface area contributed by atoms with Gasteiger partial charge in [0.1, 0.15) is 5.82 Å². The van der Waals surface area contributed by atoms with Crippen LogP contribution in [0.15, 0.2) is 36.5 Å². The van der Waals surface area contributed by atoms with Crippen LogP contribution in [0.3, 0.4) is 0 Å². The molecule has 1 aliphatic rings. The van der Waals surface area contributed by atoms with Crippen molar-refractivity contribution in [2.75, 3.05) is 13.1 Å². The highest BCUT2D eigenvalue weighted by Gasteiger charge is 2.35. The lowest BCUT2D eigenvalue weighted by Gasteiger charge is -2.40. The largest absolute Gasteiger partial charge is 0.389 e. The number of nitrogens with zero attached hydrogens (tertiary/aromatic N) is 2. The number of aromatic nitrogens is 2. The highest BCUT2D eigenvalue weighted by Crippen LogP contribution is 2.27. The highest BCUT2D eigenvalue weighted by atomic mass is 16.3. The summed E-state index contributed by atoms with van der Waals surface area (Å²) in [6.45, 7) is 6.07. The maximum atomic E-state index is 12.3. The van der Waals surface area contributed by atoms with Gasteiger partial charge in [0.05, 0.1) is 29.7 Å². The average molecular weight is 383 g/mol. The topological polar surface area (TPSA) is 105 Å². The molecule has 4 N–H and O–H groups in total. The Bertz CT molecular complexity index is 807. The molecule has 1 fully saturated rings. The summed E-state index contributed by atoms with van der Waals surface area (Å²) in [5.74, 6) is 0.168. The number of H-pyrrole nitrogens is 1. The lowest BCUT2D eigenvalue weighted by atomic mass is 9.85. The molecule has 2 heterocycles. The molecule has 7 heteroatoms. The van der Waals surface area contributed by atoms with Crippen molar-refractivity contribution in [3.63, 3.8) is 0 Å². The van der Waals surface area contributed by atoms with Crippen molar-refractivity contribution in [2.45, 2.75) is 51.3 Å². The Balaban J connectivity index is 1.49. The maximum Gasteiger partial charge on any atom is 0.265 e. The van der Waals surface area contributed by atoms with E-state index in [1.807, 2.05) is 30.3 Å². The van der Waals surface area contributed by atoms with Crippen LogP contribution in [0.25, 0.3) is 11.3 Å². The smallest absolute Gasteiger partial charge is 0.265 e. The van der Waals surface area contributed by atoms with Gasteiger partial charge >= 0.3 is 0 Å². The van der Waals surface area contributed by atoms with Crippen LogP contribution in [-0.4, -0.2) is 56.3 Å². The zero-order chi connectivity index (χ0) is 20.1. The van der Waals surface area contributed by atoms with Crippen molar-refractivity contribution in [2.24, 2.45) is 0 Å². The van der Waals surface area contributed by atoms with E-state index >= 15 is 0 Å². The average Bonchev–Trinajstić information content (AvgIpc) is 3.16. The number of aromatic amines is 1. The Hall–Kier alpha value is -2.51. The molecule has 0 bridgehead atoms. The van der Waals surface area contributed by atoms with Gasteiger partial charge < -0.3 is 20.3 Å². The fraction of sp³-hybridized carbons (Fsp3) is 0.476. The van der Waals surface area contributed by atoms with Crippen LogP contribution in [0, 0.1) is 5.41 Å². The first-order chi connectivity index (χ1) is 13.4. The third-order valence-electron chi connectivity index (χ3n) is 5.37. The summed E-state index contributed by atoms with van der Waals surface area (Å²) in [5, 5.41) is 21.5. The Morgan fingerprint density at radius 1 is 1.32 bits per heavy atom. The molecule has 150 valence electrons. The van der Waals surface area contributed by atoms with Crippen molar-refractivity contribution in [1.82, 2.24) is 20.2 Å². The molecule has 0 radical (unpaired) electrons. The first-order valence-electron chi connectivity index (χ1n) is 9.78. The molecule has 0 atom stereocenters. The highest BCUT2D eigenvalue weighted by molar-refractivity contribution is 6.37. The molecule has 3 rings (SSSR count). The van der Waals surface area contributed by atoms with Crippen LogP contribution < -0.4 is 5.32 Å². The van der Waals surface area contributed by atoms with Gasteiger partial charge in [-0.2, -0.15) is 0 Å². The molecule has 0 aliphatic carbocycles. The molecule has 1 amide bonds. The number of benzene rings is 1. The predicted molar refractivity (Wildman–Crippen MR) is 109 cm³/mol. The SMILES string of the molecule is CC(C)N1CCC(O)(CC(=N)C(=O)NCc2ncc(-c3ccccc3)[nH]2)CC1. The van der Waals surface area contributed by atoms with E-state index in [0.29, 0.717) is 24.7 Å². The van der Waals surface area contributed by atoms with E-state index in [4.69, 9.17) is 5.41 Å². The Morgan fingerprint density at radius 3 is 2.64 bits per heavy atom. The molecular formula is C21H29N5O2. The fourth-order valence-corrected chi connectivity index (χ4v) is 3.53. The summed E-state index contributed by atoms with van der Waals surface area (Å²) >= 11 is 0. The molecule has 0 spiro atoms. The van der Waals surface area contributed by atoms with E-state index in [9.17, 15) is 9.90 Å². The van der Waals surface area contributed by atoms with E-state index in [1.165, 1.54) is 0 Å². The van der Waals surface area contributed by atoms with Crippen LogP contribution in [0.4, 0.5) is 0 Å². The van der Waals surface area contributed by atoms with E-state index in [-0.39, 0.29) is 18.7 Å². The van der Waals surface area contributed by atoms with E-state index in [2.05, 4.69) is 34.0 Å². The number of likely N-dealkylation sites (tertiary alicyclic amines) is 1. The molecule has 2 aromatic rings. The molecule has 28 heavy (non-hydrogen) atoms. The van der Waals surface area contributed by atoms with Crippen molar-refractivity contribution < 1.29 is 9.90 Å². The molecule has 7 nitrogen and oxygen atoms in total. The van der Waals surface area contributed by atoms with Gasteiger partial charge in [0, 0.05) is 25.6 Å². The van der Waals surface area contributed by atoms with Crippen molar-refractivity contribution in [3.05, 3.63) is 42.4 Å². The summed E-state index contributed by atoms with van der Waals surface area (Å²) in [5.41, 5.74) is 0.849. The number of rotatable bonds is 7. The van der Waals surface area contributed by atoms with Gasteiger partial charge in [-0.05, 0) is 32.3 Å². The second kappa shape index (κ2) is 8.67. The number of nitrogens with one attached hydrogen (secondary N) is 3. The van der Waals surface area contributed by atoms with Gasteiger partial charge in [-0.15, -0.1) is 0 Å². The first kappa shape index (κ1) is 20.2. The third kappa shape index (κ3) is 5.05. The number of carbonyl (C=O) groups excluding carboxylic acids is 1. The second-order valence-electron chi connectivity index (χ2n) is 7.80. The molecular weight excluding hydrogens is 354 g/mol. The third-order valence-corrected chi connectivity index (χ3v) is 5.37. The van der Waals surface area contributed by atoms with Crippen molar-refractivity contribution >= 4 is 11.6 Å². The lowest BCUT2D eigenvalue weighted by Crippen LogP contribution is -2.48. The van der Waals surface area contributed by atoms with Gasteiger partial charge in [0.2, 0.25) is 0 Å². The number of imidazole rings is 1. The van der Waals surface area contributed by atoms with Crippen LogP contribution >= 0.6 is 0 Å². The van der Waals surface area contributed by atoms with Crippen LogP contribution in [0.2, 0.25) is 0 Å². The number of amides is 1. The van der Waals surface area contributed by atoms with Gasteiger partial charge in [-0.25, -0.2) is 4.98 Å². The Morgan fingerprint density at radius 2 is 2.00 bits per heavy atom. The molecule has 1 aromatic heterocycles. The van der Waals surface area contributed by atoms with Gasteiger partial charge in [-0.1, -0.05) is 30.3 Å². The van der Waals surface area contributed by atoms with E-state index in [1.54, 1.807) is 6.20 Å². The number of hydrogen-bond donors (Lipinski definition) is 4. The molecule has 0 saturated carbocycles. The Kier molecular flexibility index (Phi) is 6.26. The summed E-state index contributed by atoms with van der Waals surface area (Å²) < 4.78 is 0. The summed E-state index contributed by atoms with van der Waals surface area (Å²) in [6, 6.07) is 10.3. The fourth-order valence-electron chi connectivity index (χ4n) is 3.53. The lowest BCUT2D eigenvalue weighted by molar-refractivity contribution is -0.115. The number of aliphatic hydroxyl groups is 1. The van der Waals surface area contributed by atoms with Gasteiger partial charge in [0.25, 0.3) is 5.91 Å². The zero-order valence-electron chi connectivity index (χ0n) is 16.5. The molecule has 1 saturated heterocycles.